The summed E-state index contributed by atoms with van der Waals surface area (Å²) in [5.41, 5.74) is 4.42. The molecule has 0 atom stereocenters. The van der Waals surface area contributed by atoms with Crippen molar-refractivity contribution < 1.29 is 4.79 Å². The van der Waals surface area contributed by atoms with Crippen molar-refractivity contribution in [2.45, 2.75) is 32.6 Å². The summed E-state index contributed by atoms with van der Waals surface area (Å²) in [5, 5.41) is 2.31. The van der Waals surface area contributed by atoms with Gasteiger partial charge in [-0.2, -0.15) is 0 Å². The third kappa shape index (κ3) is 3.42. The number of rotatable bonds is 4. The van der Waals surface area contributed by atoms with Crippen LogP contribution in [0.4, 0.5) is 5.69 Å². The summed E-state index contributed by atoms with van der Waals surface area (Å²) in [5.74, 6) is -0.0561. The molecule has 1 amide bonds. The van der Waals surface area contributed by atoms with Crippen molar-refractivity contribution in [3.05, 3.63) is 69.3 Å². The number of benzene rings is 2. The summed E-state index contributed by atoms with van der Waals surface area (Å²) < 4.78 is 0. The maximum absolute atomic E-state index is 13.2. The first-order chi connectivity index (χ1) is 13.1. The molecule has 0 N–H and O–H groups in total. The van der Waals surface area contributed by atoms with Crippen LogP contribution < -0.4 is 4.90 Å². The molecule has 3 nitrogen and oxygen atoms in total. The minimum atomic E-state index is -0.0561. The molecule has 0 spiro atoms. The van der Waals surface area contributed by atoms with Crippen LogP contribution in [0.1, 0.15) is 41.4 Å². The molecule has 0 fully saturated rings. The number of pyridine rings is 1. The molecule has 5 heteroatoms. The van der Waals surface area contributed by atoms with E-state index in [2.05, 4.69) is 6.92 Å². The van der Waals surface area contributed by atoms with Crippen LogP contribution in [0.2, 0.25) is 10.0 Å². The molecule has 0 saturated heterocycles. The predicted molar refractivity (Wildman–Crippen MR) is 112 cm³/mol. The van der Waals surface area contributed by atoms with Crippen molar-refractivity contribution in [2.24, 2.45) is 0 Å². The van der Waals surface area contributed by atoms with E-state index in [-0.39, 0.29) is 5.91 Å². The van der Waals surface area contributed by atoms with Gasteiger partial charge in [-0.3, -0.25) is 9.78 Å². The van der Waals surface area contributed by atoms with Gasteiger partial charge in [-0.05, 0) is 61.6 Å². The Kier molecular flexibility index (Phi) is 5.07. The minimum absolute atomic E-state index is 0.0561. The van der Waals surface area contributed by atoms with Crippen molar-refractivity contribution in [3.63, 3.8) is 0 Å². The highest BCUT2D eigenvalue weighted by Crippen LogP contribution is 2.34. The SMILES string of the molecule is CCCN(C(=O)c1ccc2c(Cl)c3c(nc2c1)CCC3)c1cccc(Cl)c1. The van der Waals surface area contributed by atoms with Gasteiger partial charge in [0.15, 0.2) is 0 Å². The smallest absolute Gasteiger partial charge is 0.258 e. The zero-order chi connectivity index (χ0) is 19.0. The van der Waals surface area contributed by atoms with Crippen LogP contribution in [0.5, 0.6) is 0 Å². The molecule has 1 aromatic heterocycles. The number of anilines is 1. The second kappa shape index (κ2) is 7.49. The number of aromatic nitrogens is 1. The molecule has 0 radical (unpaired) electrons. The van der Waals surface area contributed by atoms with Gasteiger partial charge in [-0.1, -0.05) is 42.3 Å². The quantitative estimate of drug-likeness (QED) is 0.532. The third-order valence-corrected chi connectivity index (χ3v) is 5.67. The van der Waals surface area contributed by atoms with Crippen LogP contribution in [-0.2, 0) is 12.8 Å². The van der Waals surface area contributed by atoms with Crippen molar-refractivity contribution >= 4 is 45.7 Å². The number of nitrogens with zero attached hydrogens (tertiary/aromatic N) is 2. The lowest BCUT2D eigenvalue weighted by Gasteiger charge is -2.23. The van der Waals surface area contributed by atoms with Crippen molar-refractivity contribution in [1.82, 2.24) is 4.98 Å². The lowest BCUT2D eigenvalue weighted by Crippen LogP contribution is -2.31. The molecule has 2 aromatic carbocycles. The Balaban J connectivity index is 1.75. The standard InChI is InChI=1S/C22H20Cl2N2O/c1-2-11-26(16-6-3-5-15(23)13-16)22(27)14-9-10-18-20(12-14)25-19-8-4-7-17(19)21(18)24/h3,5-6,9-10,12-13H,2,4,7-8,11H2,1H3. The van der Waals surface area contributed by atoms with E-state index in [1.165, 1.54) is 0 Å². The summed E-state index contributed by atoms with van der Waals surface area (Å²) in [6.07, 6.45) is 3.87. The fourth-order valence-electron chi connectivity index (χ4n) is 3.71. The Labute approximate surface area is 168 Å². The van der Waals surface area contributed by atoms with Gasteiger partial charge in [0.1, 0.15) is 0 Å². The minimum Gasteiger partial charge on any atom is -0.308 e. The molecule has 138 valence electrons. The van der Waals surface area contributed by atoms with Gasteiger partial charge < -0.3 is 4.90 Å². The molecule has 0 aliphatic heterocycles. The molecule has 27 heavy (non-hydrogen) atoms. The van der Waals surface area contributed by atoms with E-state index in [1.807, 2.05) is 42.5 Å². The lowest BCUT2D eigenvalue weighted by atomic mass is 10.1. The van der Waals surface area contributed by atoms with Crippen molar-refractivity contribution in [2.75, 3.05) is 11.4 Å². The van der Waals surface area contributed by atoms with Crippen LogP contribution in [0.15, 0.2) is 42.5 Å². The highest BCUT2D eigenvalue weighted by Gasteiger charge is 2.21. The van der Waals surface area contributed by atoms with E-state index < -0.39 is 0 Å². The van der Waals surface area contributed by atoms with Gasteiger partial charge in [0, 0.05) is 33.9 Å². The summed E-state index contributed by atoms with van der Waals surface area (Å²) in [6, 6.07) is 13.0. The zero-order valence-corrected chi connectivity index (χ0v) is 16.6. The maximum atomic E-state index is 13.2. The highest BCUT2D eigenvalue weighted by molar-refractivity contribution is 6.36. The van der Waals surface area contributed by atoms with E-state index in [9.17, 15) is 4.79 Å². The Morgan fingerprint density at radius 1 is 1.15 bits per heavy atom. The van der Waals surface area contributed by atoms with Gasteiger partial charge in [0.2, 0.25) is 0 Å². The van der Waals surface area contributed by atoms with E-state index >= 15 is 0 Å². The fourth-order valence-corrected chi connectivity index (χ4v) is 4.26. The molecule has 4 rings (SSSR count). The number of aryl methyl sites for hydroxylation is 1. The van der Waals surface area contributed by atoms with Crippen LogP contribution in [0.3, 0.4) is 0 Å². The average Bonchev–Trinajstić information content (AvgIpc) is 3.14. The summed E-state index contributed by atoms with van der Waals surface area (Å²) in [7, 11) is 0. The molecule has 0 bridgehead atoms. The van der Waals surface area contributed by atoms with E-state index in [4.69, 9.17) is 28.2 Å². The first-order valence-corrected chi connectivity index (χ1v) is 10.0. The number of hydrogen-bond donors (Lipinski definition) is 0. The maximum Gasteiger partial charge on any atom is 0.258 e. The molecule has 1 aliphatic rings. The fraction of sp³-hybridized carbons (Fsp3) is 0.273. The van der Waals surface area contributed by atoms with Crippen molar-refractivity contribution in [1.29, 1.82) is 0 Å². The highest BCUT2D eigenvalue weighted by atomic mass is 35.5. The zero-order valence-electron chi connectivity index (χ0n) is 15.1. The number of carbonyl (C=O) groups excluding carboxylic acids is 1. The average molecular weight is 399 g/mol. The Bertz CT molecular complexity index is 1030. The molecule has 0 unspecified atom stereocenters. The number of hydrogen-bond acceptors (Lipinski definition) is 2. The number of fused-ring (bicyclic) bond motifs is 2. The molecule has 1 aliphatic carbocycles. The molecular formula is C22H20Cl2N2O. The van der Waals surface area contributed by atoms with Gasteiger partial charge in [0.05, 0.1) is 10.5 Å². The van der Waals surface area contributed by atoms with E-state index in [1.54, 1.807) is 4.90 Å². The second-order valence-electron chi connectivity index (χ2n) is 6.87. The van der Waals surface area contributed by atoms with Crippen LogP contribution in [0.25, 0.3) is 10.9 Å². The van der Waals surface area contributed by atoms with Crippen LogP contribution in [0, 0.1) is 0 Å². The number of carbonyl (C=O) groups is 1. The number of halogens is 2. The monoisotopic (exact) mass is 398 g/mol. The van der Waals surface area contributed by atoms with E-state index in [0.29, 0.717) is 17.1 Å². The van der Waals surface area contributed by atoms with E-state index in [0.717, 1.165) is 58.6 Å². The normalized spacial score (nSPS) is 13.0. The molecular weight excluding hydrogens is 379 g/mol. The summed E-state index contributed by atoms with van der Waals surface area (Å²) in [6.45, 7) is 2.67. The topological polar surface area (TPSA) is 33.2 Å². The van der Waals surface area contributed by atoms with Crippen molar-refractivity contribution in [3.8, 4) is 0 Å². The second-order valence-corrected chi connectivity index (χ2v) is 7.69. The molecule has 1 heterocycles. The first-order valence-electron chi connectivity index (χ1n) is 9.27. The molecule has 3 aromatic rings. The predicted octanol–water partition coefficient (Wildman–Crippen LogP) is 6.09. The van der Waals surface area contributed by atoms with Crippen LogP contribution >= 0.6 is 23.2 Å². The number of amides is 1. The lowest BCUT2D eigenvalue weighted by molar-refractivity contribution is 0.0987. The van der Waals surface area contributed by atoms with Gasteiger partial charge in [-0.15, -0.1) is 0 Å². The van der Waals surface area contributed by atoms with Gasteiger partial charge in [0.25, 0.3) is 5.91 Å². The largest absolute Gasteiger partial charge is 0.308 e. The van der Waals surface area contributed by atoms with Crippen LogP contribution in [-0.4, -0.2) is 17.4 Å². The Morgan fingerprint density at radius 2 is 2.00 bits per heavy atom. The Morgan fingerprint density at radius 3 is 2.78 bits per heavy atom. The summed E-state index contributed by atoms with van der Waals surface area (Å²) in [4.78, 5) is 19.8. The first kappa shape index (κ1) is 18.3. The summed E-state index contributed by atoms with van der Waals surface area (Å²) >= 11 is 12.7. The molecule has 0 saturated carbocycles. The third-order valence-electron chi connectivity index (χ3n) is 5.00. The van der Waals surface area contributed by atoms with Gasteiger partial charge in [-0.25, -0.2) is 0 Å². The Hall–Kier alpha value is -2.10. The van der Waals surface area contributed by atoms with Gasteiger partial charge >= 0.3 is 0 Å².